The second-order valence-corrected chi connectivity index (χ2v) is 5.18. The van der Waals surface area contributed by atoms with E-state index < -0.39 is 0 Å². The Morgan fingerprint density at radius 2 is 2.28 bits per heavy atom. The minimum atomic E-state index is 0.241. The molecule has 0 spiro atoms. The maximum Gasteiger partial charge on any atom is 0.230 e. The Kier molecular flexibility index (Phi) is 3.90. The maximum atomic E-state index is 9.16. The minimum Gasteiger partial charge on any atom is -0.474 e. The lowest BCUT2D eigenvalue weighted by molar-refractivity contribution is 0.112. The van der Waals surface area contributed by atoms with Gasteiger partial charge in [0, 0.05) is 7.05 Å². The highest BCUT2D eigenvalue weighted by molar-refractivity contribution is 5.42. The van der Waals surface area contributed by atoms with Gasteiger partial charge in [0.05, 0.1) is 5.69 Å². The smallest absolute Gasteiger partial charge is 0.230 e. The molecule has 18 heavy (non-hydrogen) atoms. The number of ether oxygens (including phenoxy) is 1. The van der Waals surface area contributed by atoms with Crippen LogP contribution in [0.2, 0.25) is 0 Å². The summed E-state index contributed by atoms with van der Waals surface area (Å²) in [4.78, 5) is 0. The van der Waals surface area contributed by atoms with Crippen molar-refractivity contribution in [3.63, 3.8) is 0 Å². The first-order chi connectivity index (χ1) is 8.65. The molecule has 1 fully saturated rings. The van der Waals surface area contributed by atoms with E-state index in [0.717, 1.165) is 24.5 Å². The third kappa shape index (κ3) is 2.50. The van der Waals surface area contributed by atoms with Gasteiger partial charge in [-0.05, 0) is 32.1 Å². The molecule has 2 rings (SSSR count). The van der Waals surface area contributed by atoms with Gasteiger partial charge in [-0.2, -0.15) is 10.4 Å². The van der Waals surface area contributed by atoms with Gasteiger partial charge in [0.1, 0.15) is 17.7 Å². The summed E-state index contributed by atoms with van der Waals surface area (Å²) >= 11 is 0. The fourth-order valence-electron chi connectivity index (χ4n) is 2.78. The molecule has 0 amide bonds. The highest BCUT2D eigenvalue weighted by atomic mass is 16.5. The molecular weight excluding hydrogens is 226 g/mol. The molecule has 0 saturated heterocycles. The molecule has 0 bridgehead atoms. The van der Waals surface area contributed by atoms with Crippen LogP contribution in [0.4, 0.5) is 0 Å². The van der Waals surface area contributed by atoms with Crippen LogP contribution in [0.25, 0.3) is 0 Å². The van der Waals surface area contributed by atoms with Crippen molar-refractivity contribution in [2.24, 2.45) is 13.0 Å². The molecule has 4 nitrogen and oxygen atoms in total. The zero-order valence-corrected chi connectivity index (χ0v) is 11.4. The van der Waals surface area contributed by atoms with Gasteiger partial charge in [-0.3, -0.25) is 0 Å². The van der Waals surface area contributed by atoms with Crippen molar-refractivity contribution in [1.29, 1.82) is 5.26 Å². The molecule has 4 heteroatoms. The predicted molar refractivity (Wildman–Crippen MR) is 69.3 cm³/mol. The molecule has 1 saturated carbocycles. The van der Waals surface area contributed by atoms with Gasteiger partial charge in [0.2, 0.25) is 5.88 Å². The van der Waals surface area contributed by atoms with Crippen molar-refractivity contribution in [2.45, 2.75) is 52.1 Å². The summed E-state index contributed by atoms with van der Waals surface area (Å²) in [5.41, 5.74) is 1.33. The Hall–Kier alpha value is -1.50. The van der Waals surface area contributed by atoms with Crippen molar-refractivity contribution in [2.75, 3.05) is 0 Å². The summed E-state index contributed by atoms with van der Waals surface area (Å²) in [6.07, 6.45) is 6.19. The largest absolute Gasteiger partial charge is 0.474 e. The number of aryl methyl sites for hydroxylation is 2. The van der Waals surface area contributed by atoms with Crippen molar-refractivity contribution < 1.29 is 4.74 Å². The van der Waals surface area contributed by atoms with Crippen LogP contribution in [-0.4, -0.2) is 15.9 Å². The molecule has 2 unspecified atom stereocenters. The Morgan fingerprint density at radius 3 is 2.94 bits per heavy atom. The zero-order chi connectivity index (χ0) is 13.1. The van der Waals surface area contributed by atoms with Gasteiger partial charge < -0.3 is 4.74 Å². The van der Waals surface area contributed by atoms with Crippen LogP contribution in [0.3, 0.4) is 0 Å². The van der Waals surface area contributed by atoms with E-state index in [2.05, 4.69) is 18.1 Å². The van der Waals surface area contributed by atoms with Gasteiger partial charge in [-0.25, -0.2) is 4.68 Å². The van der Waals surface area contributed by atoms with Gasteiger partial charge in [0.25, 0.3) is 0 Å². The maximum absolute atomic E-state index is 9.16. The fraction of sp³-hybridized carbons (Fsp3) is 0.714. The highest BCUT2D eigenvalue weighted by Crippen LogP contribution is 2.31. The van der Waals surface area contributed by atoms with Crippen LogP contribution in [0.1, 0.15) is 50.3 Å². The van der Waals surface area contributed by atoms with Crippen LogP contribution >= 0.6 is 0 Å². The SMILES string of the molecule is CCC1CCCC(Oc2c(C#N)c(C)nn2C)C1. The summed E-state index contributed by atoms with van der Waals surface area (Å²) < 4.78 is 7.72. The van der Waals surface area contributed by atoms with Crippen LogP contribution in [0.15, 0.2) is 0 Å². The average molecular weight is 247 g/mol. The Bertz CT molecular complexity index is 458. The molecule has 1 aliphatic rings. The van der Waals surface area contributed by atoms with Crippen molar-refractivity contribution in [3.8, 4) is 11.9 Å². The number of nitriles is 1. The van der Waals surface area contributed by atoms with Gasteiger partial charge in [-0.1, -0.05) is 19.8 Å². The molecular formula is C14H21N3O. The van der Waals surface area contributed by atoms with E-state index in [1.165, 1.54) is 19.3 Å². The van der Waals surface area contributed by atoms with E-state index in [4.69, 9.17) is 10.00 Å². The number of nitrogens with zero attached hydrogens (tertiary/aromatic N) is 3. The lowest BCUT2D eigenvalue weighted by Gasteiger charge is -2.28. The van der Waals surface area contributed by atoms with E-state index in [9.17, 15) is 0 Å². The van der Waals surface area contributed by atoms with Gasteiger partial charge in [-0.15, -0.1) is 0 Å². The molecule has 0 aliphatic heterocycles. The Morgan fingerprint density at radius 1 is 1.50 bits per heavy atom. The standard InChI is InChI=1S/C14H21N3O/c1-4-11-6-5-7-12(8-11)18-14-13(9-15)10(2)16-17(14)3/h11-12H,4-8H2,1-3H3. The zero-order valence-electron chi connectivity index (χ0n) is 11.4. The number of hydrogen-bond donors (Lipinski definition) is 0. The minimum absolute atomic E-state index is 0.241. The Labute approximate surface area is 109 Å². The van der Waals surface area contributed by atoms with Gasteiger partial charge >= 0.3 is 0 Å². The van der Waals surface area contributed by atoms with E-state index in [1.807, 2.05) is 14.0 Å². The molecule has 1 aromatic heterocycles. The molecule has 98 valence electrons. The average Bonchev–Trinajstić information content (AvgIpc) is 2.64. The predicted octanol–water partition coefficient (Wildman–Crippen LogP) is 2.95. The van der Waals surface area contributed by atoms with Crippen LogP contribution < -0.4 is 4.74 Å². The van der Waals surface area contributed by atoms with Crippen LogP contribution in [-0.2, 0) is 7.05 Å². The molecule has 1 aromatic rings. The van der Waals surface area contributed by atoms with E-state index in [1.54, 1.807) is 4.68 Å². The molecule has 1 aliphatic carbocycles. The molecule has 0 N–H and O–H groups in total. The van der Waals surface area contributed by atoms with E-state index >= 15 is 0 Å². The summed E-state index contributed by atoms with van der Waals surface area (Å²) in [6, 6.07) is 2.19. The van der Waals surface area contributed by atoms with Crippen molar-refractivity contribution in [3.05, 3.63) is 11.3 Å². The van der Waals surface area contributed by atoms with Crippen molar-refractivity contribution in [1.82, 2.24) is 9.78 Å². The third-order valence-corrected chi connectivity index (χ3v) is 3.87. The topological polar surface area (TPSA) is 50.8 Å². The molecule has 2 atom stereocenters. The summed E-state index contributed by atoms with van der Waals surface area (Å²) in [5, 5.41) is 13.4. The molecule has 0 radical (unpaired) electrons. The molecule has 1 heterocycles. The summed E-state index contributed by atoms with van der Waals surface area (Å²) in [5.74, 6) is 1.40. The number of rotatable bonds is 3. The first-order valence-electron chi connectivity index (χ1n) is 6.76. The van der Waals surface area contributed by atoms with Crippen LogP contribution in [0.5, 0.6) is 5.88 Å². The van der Waals surface area contributed by atoms with Crippen molar-refractivity contribution >= 4 is 0 Å². The van der Waals surface area contributed by atoms with E-state index in [0.29, 0.717) is 11.4 Å². The normalized spacial score (nSPS) is 23.7. The third-order valence-electron chi connectivity index (χ3n) is 3.87. The highest BCUT2D eigenvalue weighted by Gasteiger charge is 2.25. The monoisotopic (exact) mass is 247 g/mol. The first kappa shape index (κ1) is 12.9. The second kappa shape index (κ2) is 5.43. The summed E-state index contributed by atoms with van der Waals surface area (Å²) in [7, 11) is 1.84. The van der Waals surface area contributed by atoms with Crippen LogP contribution in [0, 0.1) is 24.2 Å². The number of aromatic nitrogens is 2. The summed E-state index contributed by atoms with van der Waals surface area (Å²) in [6.45, 7) is 4.09. The lowest BCUT2D eigenvalue weighted by atomic mass is 9.85. The van der Waals surface area contributed by atoms with E-state index in [-0.39, 0.29) is 6.10 Å². The quantitative estimate of drug-likeness (QED) is 0.825. The van der Waals surface area contributed by atoms with Gasteiger partial charge in [0.15, 0.2) is 0 Å². The lowest BCUT2D eigenvalue weighted by Crippen LogP contribution is -2.26. The number of hydrogen-bond acceptors (Lipinski definition) is 3. The first-order valence-corrected chi connectivity index (χ1v) is 6.76. The fourth-order valence-corrected chi connectivity index (χ4v) is 2.78. The Balaban J connectivity index is 2.12. The second-order valence-electron chi connectivity index (χ2n) is 5.18. The molecule has 0 aromatic carbocycles.